The highest BCUT2D eigenvalue weighted by atomic mass is 35.5. The Morgan fingerprint density at radius 1 is 1.06 bits per heavy atom. The number of carbonyl (C=O) groups excluding carboxylic acids is 2. The van der Waals surface area contributed by atoms with Crippen LogP contribution < -0.4 is 15.4 Å². The molecule has 1 saturated heterocycles. The Hall–Kier alpha value is -3.20. The third-order valence-corrected chi connectivity index (χ3v) is 7.20. The van der Waals surface area contributed by atoms with Crippen molar-refractivity contribution in [1.29, 1.82) is 0 Å². The molecule has 2 aliphatic rings. The minimum Gasteiger partial charge on any atom is -0.491 e. The highest BCUT2D eigenvalue weighted by molar-refractivity contribution is 6.31. The summed E-state index contributed by atoms with van der Waals surface area (Å²) in [6.07, 6.45) is -0.115. The lowest BCUT2D eigenvalue weighted by molar-refractivity contribution is -0.131. The molecule has 0 aliphatic carbocycles. The van der Waals surface area contributed by atoms with E-state index in [0.29, 0.717) is 26.9 Å². The number of aliphatic hydroxyl groups is 1. The molecule has 6 nitrogen and oxygen atoms in total. The fraction of sp³-hybridized carbons (Fsp3) is 0.231. The maximum atomic E-state index is 15.6. The first-order valence-electron chi connectivity index (χ1n) is 11.1. The summed E-state index contributed by atoms with van der Waals surface area (Å²) in [4.78, 5) is 27.0. The predicted octanol–water partition coefficient (Wildman–Crippen LogP) is 4.88. The Morgan fingerprint density at radius 3 is 2.58 bits per heavy atom. The summed E-state index contributed by atoms with van der Waals surface area (Å²) in [6, 6.07) is 12.3. The maximum absolute atomic E-state index is 15.6. The molecule has 2 heterocycles. The maximum Gasteiger partial charge on any atom is 0.238 e. The Labute approximate surface area is 215 Å². The molecule has 2 aliphatic heterocycles. The number of fused-ring (bicyclic) bond motifs is 2. The molecule has 2 amide bonds. The van der Waals surface area contributed by atoms with Crippen LogP contribution in [0, 0.1) is 11.6 Å². The van der Waals surface area contributed by atoms with E-state index in [1.165, 1.54) is 6.07 Å². The minimum atomic E-state index is -1.61. The number of anilines is 1. The molecule has 186 valence electrons. The van der Waals surface area contributed by atoms with Crippen LogP contribution in [0.25, 0.3) is 0 Å². The molecule has 0 bridgehead atoms. The first-order chi connectivity index (χ1) is 17.3. The van der Waals surface area contributed by atoms with Crippen molar-refractivity contribution in [2.45, 2.75) is 23.8 Å². The fourth-order valence-corrected chi connectivity index (χ4v) is 5.72. The molecular formula is C26H20Cl2F2N2O4. The second kappa shape index (κ2) is 9.35. The van der Waals surface area contributed by atoms with Gasteiger partial charge in [0.1, 0.15) is 17.8 Å². The molecule has 1 spiro atoms. The standard InChI is InChI=1S/C26H20Cl2F2N2O4/c27-14-3-1-2-13(10-14)17-12-21(34)32-24(22-20(36-9-8-33)7-6-18(29)23(22)30)26(17)16-5-4-15(28)11-19(16)31-25(26)35/h1-7,10-11,17,24,33H,8-9,12H2,(H,31,35)(H,32,34). The van der Waals surface area contributed by atoms with Crippen LogP contribution in [0.5, 0.6) is 5.75 Å². The van der Waals surface area contributed by atoms with E-state index in [1.54, 1.807) is 42.5 Å². The summed E-state index contributed by atoms with van der Waals surface area (Å²) in [5.74, 6) is -4.34. The van der Waals surface area contributed by atoms with Crippen molar-refractivity contribution in [3.63, 3.8) is 0 Å². The van der Waals surface area contributed by atoms with Gasteiger partial charge in [-0.15, -0.1) is 0 Å². The molecule has 0 radical (unpaired) electrons. The zero-order valence-electron chi connectivity index (χ0n) is 18.7. The van der Waals surface area contributed by atoms with E-state index in [9.17, 15) is 19.1 Å². The van der Waals surface area contributed by atoms with E-state index in [0.717, 1.165) is 6.07 Å². The largest absolute Gasteiger partial charge is 0.491 e. The van der Waals surface area contributed by atoms with Gasteiger partial charge < -0.3 is 20.5 Å². The summed E-state index contributed by atoms with van der Waals surface area (Å²) in [5, 5.41) is 15.6. The molecular weight excluding hydrogens is 513 g/mol. The summed E-state index contributed by atoms with van der Waals surface area (Å²) in [6.45, 7) is -0.588. The molecule has 3 aromatic carbocycles. The van der Waals surface area contributed by atoms with Crippen molar-refractivity contribution in [3.05, 3.63) is 93.0 Å². The number of hydrogen-bond acceptors (Lipinski definition) is 4. The van der Waals surface area contributed by atoms with Gasteiger partial charge >= 0.3 is 0 Å². The number of nitrogens with one attached hydrogen (secondary N) is 2. The van der Waals surface area contributed by atoms with E-state index in [4.69, 9.17) is 27.9 Å². The quantitative estimate of drug-likeness (QED) is 0.437. The highest BCUT2D eigenvalue weighted by Gasteiger charge is 2.62. The van der Waals surface area contributed by atoms with Crippen LogP contribution in [0.15, 0.2) is 54.6 Å². The third-order valence-electron chi connectivity index (χ3n) is 6.73. The minimum absolute atomic E-state index is 0.102. The fourth-order valence-electron chi connectivity index (χ4n) is 5.35. The predicted molar refractivity (Wildman–Crippen MR) is 130 cm³/mol. The summed E-state index contributed by atoms with van der Waals surface area (Å²) >= 11 is 12.4. The van der Waals surface area contributed by atoms with Crippen molar-refractivity contribution in [3.8, 4) is 5.75 Å². The van der Waals surface area contributed by atoms with Gasteiger partial charge in [-0.25, -0.2) is 8.78 Å². The number of ether oxygens (including phenoxy) is 1. The molecule has 10 heteroatoms. The van der Waals surface area contributed by atoms with Gasteiger partial charge in [-0.3, -0.25) is 9.59 Å². The molecule has 36 heavy (non-hydrogen) atoms. The van der Waals surface area contributed by atoms with E-state index in [2.05, 4.69) is 10.6 Å². The van der Waals surface area contributed by atoms with Gasteiger partial charge in [-0.1, -0.05) is 41.4 Å². The third kappa shape index (κ3) is 3.80. The van der Waals surface area contributed by atoms with Crippen molar-refractivity contribution in [2.75, 3.05) is 18.5 Å². The van der Waals surface area contributed by atoms with E-state index < -0.39 is 40.8 Å². The number of piperidine rings is 1. The lowest BCUT2D eigenvalue weighted by Gasteiger charge is -2.46. The van der Waals surface area contributed by atoms with Crippen LogP contribution in [0.3, 0.4) is 0 Å². The monoisotopic (exact) mass is 532 g/mol. The first kappa shape index (κ1) is 24.5. The van der Waals surface area contributed by atoms with Crippen molar-refractivity contribution in [2.24, 2.45) is 0 Å². The number of benzene rings is 3. The topological polar surface area (TPSA) is 87.7 Å². The van der Waals surface area contributed by atoms with Crippen LogP contribution in [0.1, 0.15) is 35.1 Å². The van der Waals surface area contributed by atoms with Crippen molar-refractivity contribution >= 4 is 40.7 Å². The Morgan fingerprint density at radius 2 is 1.83 bits per heavy atom. The van der Waals surface area contributed by atoms with Crippen molar-refractivity contribution < 1.29 is 28.2 Å². The summed E-state index contributed by atoms with van der Waals surface area (Å²) < 4.78 is 35.7. The zero-order valence-corrected chi connectivity index (χ0v) is 20.2. The Bertz CT molecular complexity index is 1390. The average Bonchev–Trinajstić information content (AvgIpc) is 3.12. The Balaban J connectivity index is 1.83. The van der Waals surface area contributed by atoms with Crippen LogP contribution in [0.2, 0.25) is 10.0 Å². The molecule has 0 aromatic heterocycles. The average molecular weight is 533 g/mol. The molecule has 3 atom stereocenters. The van der Waals surface area contributed by atoms with E-state index in [-0.39, 0.29) is 30.9 Å². The van der Waals surface area contributed by atoms with E-state index in [1.807, 2.05) is 0 Å². The van der Waals surface area contributed by atoms with Crippen LogP contribution in [-0.4, -0.2) is 30.1 Å². The molecule has 1 fully saturated rings. The summed E-state index contributed by atoms with van der Waals surface area (Å²) in [7, 11) is 0. The van der Waals surface area contributed by atoms with Crippen LogP contribution >= 0.6 is 23.2 Å². The smallest absolute Gasteiger partial charge is 0.238 e. The van der Waals surface area contributed by atoms with Gasteiger partial charge in [0.05, 0.1) is 18.2 Å². The van der Waals surface area contributed by atoms with Crippen LogP contribution in [-0.2, 0) is 15.0 Å². The van der Waals surface area contributed by atoms with Gasteiger partial charge in [-0.2, -0.15) is 0 Å². The molecule has 3 unspecified atom stereocenters. The number of amides is 2. The van der Waals surface area contributed by atoms with Gasteiger partial charge in [0.25, 0.3) is 0 Å². The van der Waals surface area contributed by atoms with Gasteiger partial charge in [-0.05, 0) is 47.5 Å². The van der Waals surface area contributed by atoms with E-state index >= 15 is 4.39 Å². The van der Waals surface area contributed by atoms with Crippen molar-refractivity contribution in [1.82, 2.24) is 5.32 Å². The lowest BCUT2D eigenvalue weighted by atomic mass is 9.59. The normalized spacial score (nSPS) is 22.8. The second-order valence-corrected chi connectivity index (χ2v) is 9.54. The first-order valence-corrected chi connectivity index (χ1v) is 11.9. The highest BCUT2D eigenvalue weighted by Crippen LogP contribution is 2.58. The zero-order chi connectivity index (χ0) is 25.6. The Kier molecular flexibility index (Phi) is 6.36. The second-order valence-electron chi connectivity index (χ2n) is 8.67. The van der Waals surface area contributed by atoms with Gasteiger partial charge in [0, 0.05) is 28.1 Å². The number of carbonyl (C=O) groups is 2. The number of hydrogen-bond donors (Lipinski definition) is 3. The van der Waals surface area contributed by atoms with Gasteiger partial charge in [0.15, 0.2) is 11.6 Å². The number of aliphatic hydroxyl groups excluding tert-OH is 1. The lowest BCUT2D eigenvalue weighted by Crippen LogP contribution is -2.57. The SMILES string of the molecule is O=C1CC(c2cccc(Cl)c2)C2(C(=O)Nc3cc(Cl)ccc32)C(c2c(OCCO)ccc(F)c2F)N1. The molecule has 5 rings (SSSR count). The molecule has 0 saturated carbocycles. The van der Waals surface area contributed by atoms with Crippen LogP contribution in [0.4, 0.5) is 14.5 Å². The number of rotatable bonds is 5. The molecule has 3 N–H and O–H groups in total. The number of halogens is 4. The summed E-state index contributed by atoms with van der Waals surface area (Å²) in [5.41, 5.74) is -0.500. The molecule has 3 aromatic rings. The van der Waals surface area contributed by atoms with Gasteiger partial charge in [0.2, 0.25) is 11.8 Å².